The van der Waals surface area contributed by atoms with Crippen molar-refractivity contribution in [3.8, 4) is 0 Å². The number of aliphatic hydroxyl groups excluding tert-OH is 1. The Bertz CT molecular complexity index is 224. The minimum Gasteiger partial charge on any atom is -0.735 e. The molecule has 0 bridgehead atoms. The molecule has 0 heterocycles. The third-order valence-electron chi connectivity index (χ3n) is 1.03. The number of ether oxygens (including phenoxy) is 1. The van der Waals surface area contributed by atoms with E-state index >= 15 is 0 Å². The summed E-state index contributed by atoms with van der Waals surface area (Å²) in [6, 6.07) is 0. The van der Waals surface area contributed by atoms with E-state index in [-0.39, 0.29) is 71.1 Å². The quantitative estimate of drug-likeness (QED) is 0.211. The van der Waals surface area contributed by atoms with Crippen molar-refractivity contribution in [3.63, 3.8) is 0 Å². The Morgan fingerprint density at radius 2 is 2.14 bits per heavy atom. The van der Waals surface area contributed by atoms with Gasteiger partial charge in [0, 0.05) is 12.4 Å². The summed E-state index contributed by atoms with van der Waals surface area (Å²) in [4.78, 5) is 0. The molecule has 0 saturated carbocycles. The summed E-state index contributed by atoms with van der Waals surface area (Å²) in [5.74, 6) is 0.292. The van der Waals surface area contributed by atoms with Crippen LogP contribution in [0.5, 0.6) is 0 Å². The Morgan fingerprint density at radius 3 is 2.57 bits per heavy atom. The normalized spacial score (nSPS) is 13.4. The Hall–Kier alpha value is 1.72. The average molecular weight is 272 g/mol. The zero-order chi connectivity index (χ0) is 10.3. The number of nitrogens with one attached hydrogen (secondary N) is 1. The summed E-state index contributed by atoms with van der Waals surface area (Å²) in [6.45, 7) is -0.147. The fraction of sp³-hybridized carbons (Fsp3) is 1.00. The molecule has 0 rings (SSSR count). The Kier molecular flexibility index (Phi) is 12.8. The van der Waals surface area contributed by atoms with Crippen LogP contribution in [-0.4, -0.2) is 49.8 Å². The summed E-state index contributed by atoms with van der Waals surface area (Å²) in [7, 11) is -4.49. The number of hydrogen-bond acceptors (Lipinski definition) is 5. The molecule has 0 spiro atoms. The fourth-order valence-electron chi connectivity index (χ4n) is 0.531. The molecule has 0 fully saturated rings. The standard InChI is InChI=1S/C5H12ClNO5S.K/c6-1-2-12-4-5(8)3-7-13(9,10)11;/h5,7-8H,1-4H2,(H,9,10,11);/q;+1/p-1. The second-order valence-electron chi connectivity index (χ2n) is 2.22. The summed E-state index contributed by atoms with van der Waals surface area (Å²) in [5.41, 5.74) is 0. The van der Waals surface area contributed by atoms with E-state index in [0.29, 0.717) is 5.88 Å². The molecule has 0 aliphatic heterocycles. The molecule has 14 heavy (non-hydrogen) atoms. The predicted octanol–water partition coefficient (Wildman–Crippen LogP) is -4.34. The van der Waals surface area contributed by atoms with Crippen molar-refractivity contribution >= 4 is 21.9 Å². The second-order valence-corrected chi connectivity index (χ2v) is 3.80. The van der Waals surface area contributed by atoms with Crippen LogP contribution in [0.4, 0.5) is 0 Å². The van der Waals surface area contributed by atoms with E-state index < -0.39 is 16.4 Å². The molecule has 1 atom stereocenters. The van der Waals surface area contributed by atoms with E-state index in [1.807, 2.05) is 0 Å². The van der Waals surface area contributed by atoms with Gasteiger partial charge in [-0.3, -0.25) is 0 Å². The summed E-state index contributed by atoms with van der Waals surface area (Å²) in [6.07, 6.45) is -1.04. The molecule has 0 aromatic carbocycles. The maximum absolute atomic E-state index is 10.0. The van der Waals surface area contributed by atoms with Gasteiger partial charge in [-0.1, -0.05) is 0 Å². The van der Waals surface area contributed by atoms with Crippen molar-refractivity contribution in [2.75, 3.05) is 25.6 Å². The largest absolute Gasteiger partial charge is 1.00 e. The van der Waals surface area contributed by atoms with Crippen LogP contribution in [-0.2, 0) is 15.0 Å². The Labute approximate surface area is 131 Å². The maximum Gasteiger partial charge on any atom is 1.00 e. The maximum atomic E-state index is 10.0. The summed E-state index contributed by atoms with van der Waals surface area (Å²) < 4.78 is 36.5. The van der Waals surface area contributed by atoms with Gasteiger partial charge in [0.25, 0.3) is 0 Å². The minimum atomic E-state index is -4.49. The van der Waals surface area contributed by atoms with Crippen LogP contribution in [0.1, 0.15) is 0 Å². The second kappa shape index (κ2) is 9.91. The van der Waals surface area contributed by atoms with Crippen molar-refractivity contribution in [2.45, 2.75) is 6.10 Å². The molecule has 0 saturated heterocycles. The first kappa shape index (κ1) is 18.1. The fourth-order valence-corrected chi connectivity index (χ4v) is 1.04. The zero-order valence-corrected chi connectivity index (χ0v) is 12.5. The van der Waals surface area contributed by atoms with Gasteiger partial charge >= 0.3 is 51.4 Å². The third kappa shape index (κ3) is 13.7. The van der Waals surface area contributed by atoms with E-state index in [4.69, 9.17) is 21.4 Å². The van der Waals surface area contributed by atoms with Gasteiger partial charge in [0.1, 0.15) is 0 Å². The van der Waals surface area contributed by atoms with Crippen molar-refractivity contribution in [2.24, 2.45) is 0 Å². The topological polar surface area (TPSA) is 98.7 Å². The molecule has 0 aromatic heterocycles. The first-order valence-corrected chi connectivity index (χ1v) is 5.42. The molecular weight excluding hydrogens is 261 g/mol. The predicted molar refractivity (Wildman–Crippen MR) is 45.2 cm³/mol. The molecule has 0 radical (unpaired) electrons. The number of alkyl halides is 1. The van der Waals surface area contributed by atoms with Gasteiger partial charge < -0.3 is 14.4 Å². The van der Waals surface area contributed by atoms with Crippen LogP contribution >= 0.6 is 11.6 Å². The van der Waals surface area contributed by atoms with Gasteiger partial charge in [0.05, 0.1) is 19.3 Å². The molecular formula is C5H11ClKNO5S. The summed E-state index contributed by atoms with van der Waals surface area (Å²) in [5, 5.41) is 9.01. The molecule has 6 nitrogen and oxygen atoms in total. The molecule has 1 unspecified atom stereocenters. The molecule has 0 aliphatic rings. The first-order chi connectivity index (χ1) is 5.95. The van der Waals surface area contributed by atoms with E-state index in [2.05, 4.69) is 0 Å². The number of hydrogen-bond donors (Lipinski definition) is 2. The van der Waals surface area contributed by atoms with Gasteiger partial charge in [-0.05, 0) is 0 Å². The van der Waals surface area contributed by atoms with Crippen molar-refractivity contribution in [3.05, 3.63) is 0 Å². The van der Waals surface area contributed by atoms with E-state index in [1.54, 1.807) is 4.72 Å². The number of aliphatic hydroxyl groups is 1. The van der Waals surface area contributed by atoms with Crippen LogP contribution < -0.4 is 56.1 Å². The van der Waals surface area contributed by atoms with Gasteiger partial charge in [-0.15, -0.1) is 11.6 Å². The van der Waals surface area contributed by atoms with E-state index in [9.17, 15) is 13.0 Å². The van der Waals surface area contributed by atoms with Crippen molar-refractivity contribution in [1.82, 2.24) is 4.72 Å². The molecule has 80 valence electrons. The first-order valence-electron chi connectivity index (χ1n) is 3.48. The minimum absolute atomic E-state index is 0. The van der Waals surface area contributed by atoms with Crippen LogP contribution in [0.25, 0.3) is 0 Å². The molecule has 0 aliphatic carbocycles. The van der Waals surface area contributed by atoms with Gasteiger partial charge in [0.2, 0.25) is 0 Å². The number of rotatable bonds is 7. The SMILES string of the molecule is O=S(=O)([O-])NCC(O)COCCCl.[K+]. The van der Waals surface area contributed by atoms with E-state index in [0.717, 1.165) is 0 Å². The number of halogens is 1. The van der Waals surface area contributed by atoms with E-state index in [1.165, 1.54) is 0 Å². The average Bonchev–Trinajstić information content (AvgIpc) is 2.00. The van der Waals surface area contributed by atoms with Crippen molar-refractivity contribution in [1.29, 1.82) is 0 Å². The molecule has 9 heteroatoms. The molecule has 0 aromatic rings. The smallest absolute Gasteiger partial charge is 0.735 e. The Balaban J connectivity index is 0. The monoisotopic (exact) mass is 271 g/mol. The molecule has 0 amide bonds. The van der Waals surface area contributed by atoms with Crippen LogP contribution in [0.15, 0.2) is 0 Å². The van der Waals surface area contributed by atoms with Crippen LogP contribution in [0.2, 0.25) is 0 Å². The van der Waals surface area contributed by atoms with Gasteiger partial charge in [-0.25, -0.2) is 13.1 Å². The summed E-state index contributed by atoms with van der Waals surface area (Å²) >= 11 is 5.27. The molecule has 2 N–H and O–H groups in total. The van der Waals surface area contributed by atoms with Gasteiger partial charge in [0.15, 0.2) is 10.3 Å². The Morgan fingerprint density at radius 1 is 1.57 bits per heavy atom. The third-order valence-corrected chi connectivity index (χ3v) is 1.70. The van der Waals surface area contributed by atoms with Crippen LogP contribution in [0.3, 0.4) is 0 Å². The van der Waals surface area contributed by atoms with Crippen molar-refractivity contribution < 1.29 is 74.2 Å². The van der Waals surface area contributed by atoms with Crippen LogP contribution in [0, 0.1) is 0 Å². The zero-order valence-electron chi connectivity index (χ0n) is 7.77. The van der Waals surface area contributed by atoms with Gasteiger partial charge in [-0.2, -0.15) is 0 Å².